The second kappa shape index (κ2) is 15.8. The molecular weight excluding hydrogens is 683 g/mol. The Bertz CT molecular complexity index is 2600. The summed E-state index contributed by atoms with van der Waals surface area (Å²) in [6, 6.07) is 57.1. The predicted octanol–water partition coefficient (Wildman–Crippen LogP) is 11.1. The van der Waals surface area contributed by atoms with Crippen molar-refractivity contribution in [2.75, 3.05) is 13.6 Å². The fourth-order valence-corrected chi connectivity index (χ4v) is 7.70. The lowest BCUT2D eigenvalue weighted by Crippen LogP contribution is -2.26. The topological polar surface area (TPSA) is 62.7 Å². The zero-order valence-electron chi connectivity index (χ0n) is 31.2. The highest BCUT2D eigenvalue weighted by molar-refractivity contribution is 6.06. The molecule has 0 bridgehead atoms. The molecule has 0 saturated heterocycles. The van der Waals surface area contributed by atoms with Crippen LogP contribution >= 0.6 is 0 Å². The van der Waals surface area contributed by atoms with Crippen molar-refractivity contribution in [3.05, 3.63) is 216 Å². The van der Waals surface area contributed by atoms with Crippen LogP contribution in [0.15, 0.2) is 194 Å². The Hall–Kier alpha value is -6.95. The zero-order chi connectivity index (χ0) is 37.7. The lowest BCUT2D eigenvalue weighted by molar-refractivity contribution is 0.706. The quantitative estimate of drug-likeness (QED) is 0.155. The lowest BCUT2D eigenvalue weighted by Gasteiger charge is -2.32. The number of nitrogens with zero attached hydrogens (tertiary/aromatic N) is 3. The number of likely N-dealkylation sites (N-methyl/N-ethyl adjacent to an activating group) is 1. The van der Waals surface area contributed by atoms with Crippen molar-refractivity contribution >= 4 is 17.0 Å². The Balaban J connectivity index is 1.15. The minimum Gasteiger partial charge on any atom is -0.354 e. The number of nitrogens with one attached hydrogen (secondary N) is 2. The van der Waals surface area contributed by atoms with Crippen LogP contribution in [0.3, 0.4) is 0 Å². The third-order valence-electron chi connectivity index (χ3n) is 10.5. The molecule has 5 heteroatoms. The molecule has 5 nitrogen and oxygen atoms in total. The average molecular weight is 724 g/mol. The van der Waals surface area contributed by atoms with Crippen LogP contribution in [0.2, 0.25) is 0 Å². The Kier molecular flexibility index (Phi) is 9.82. The molecule has 56 heavy (non-hydrogen) atoms. The van der Waals surface area contributed by atoms with Crippen LogP contribution in [0.5, 0.6) is 0 Å². The van der Waals surface area contributed by atoms with Gasteiger partial charge < -0.3 is 10.6 Å². The highest BCUT2D eigenvalue weighted by atomic mass is 15.0. The number of hydrogen-bond acceptors (Lipinski definition) is 5. The van der Waals surface area contributed by atoms with Gasteiger partial charge in [0, 0.05) is 46.0 Å². The molecule has 0 amide bonds. The van der Waals surface area contributed by atoms with E-state index in [0.29, 0.717) is 23.4 Å². The Morgan fingerprint density at radius 3 is 1.54 bits per heavy atom. The van der Waals surface area contributed by atoms with Crippen LogP contribution in [0.25, 0.3) is 62.3 Å². The molecule has 1 atom stereocenters. The molecule has 9 rings (SSSR count). The molecule has 0 radical (unpaired) electrons. The van der Waals surface area contributed by atoms with Gasteiger partial charge in [0.1, 0.15) is 0 Å². The minimum atomic E-state index is 0.300. The van der Waals surface area contributed by atoms with Crippen molar-refractivity contribution in [1.82, 2.24) is 25.6 Å². The molecule has 2 N–H and O–H groups in total. The molecule has 7 aromatic rings. The smallest absolute Gasteiger partial charge is 0.164 e. The van der Waals surface area contributed by atoms with Gasteiger partial charge in [0.2, 0.25) is 0 Å². The first-order valence-corrected chi connectivity index (χ1v) is 19.2. The van der Waals surface area contributed by atoms with E-state index in [0.717, 1.165) is 57.6 Å². The molecule has 1 aliphatic heterocycles. The van der Waals surface area contributed by atoms with E-state index in [4.69, 9.17) is 15.0 Å². The average Bonchev–Trinajstić information content (AvgIpc) is 3.29. The molecule has 6 aromatic carbocycles. The monoisotopic (exact) mass is 723 g/mol. The van der Waals surface area contributed by atoms with Gasteiger partial charge in [-0.25, -0.2) is 15.0 Å². The van der Waals surface area contributed by atoms with Crippen LogP contribution in [0.4, 0.5) is 0 Å². The fraction of sp³-hybridized carbons (Fsp3) is 0.0784. The molecular formula is C51H41N5. The summed E-state index contributed by atoms with van der Waals surface area (Å²) in [4.78, 5) is 15.1. The Labute approximate surface area is 328 Å². The second-order valence-corrected chi connectivity index (χ2v) is 14.1. The third-order valence-corrected chi connectivity index (χ3v) is 10.5. The Morgan fingerprint density at radius 1 is 0.518 bits per heavy atom. The van der Waals surface area contributed by atoms with Crippen molar-refractivity contribution in [3.8, 4) is 45.3 Å². The van der Waals surface area contributed by atoms with E-state index in [2.05, 4.69) is 162 Å². The maximum absolute atomic E-state index is 5.06. The van der Waals surface area contributed by atoms with Crippen molar-refractivity contribution in [2.24, 2.45) is 5.92 Å². The first-order chi connectivity index (χ1) is 27.7. The summed E-state index contributed by atoms with van der Waals surface area (Å²) in [6.45, 7) is 0.779. The van der Waals surface area contributed by atoms with Crippen LogP contribution in [-0.2, 0) is 0 Å². The van der Waals surface area contributed by atoms with Gasteiger partial charge in [-0.15, -0.1) is 0 Å². The molecule has 1 aliphatic carbocycles. The third kappa shape index (κ3) is 7.04. The first kappa shape index (κ1) is 34.8. The predicted molar refractivity (Wildman–Crippen MR) is 231 cm³/mol. The van der Waals surface area contributed by atoms with Crippen LogP contribution in [-0.4, -0.2) is 28.5 Å². The SMILES string of the molecule is CNC/C(=C1\NC(c2ccccc2)=C(c2ccc(-c3nc(-c4ccccc4)nc(-c4ccc(-c5ccccc5)cc4)n3)cc2)c2ccccc21)C1C=CC=CC1. The largest absolute Gasteiger partial charge is 0.354 e. The van der Waals surface area contributed by atoms with E-state index in [1.807, 2.05) is 43.4 Å². The number of allylic oxidation sites excluding steroid dienone is 4. The van der Waals surface area contributed by atoms with E-state index < -0.39 is 0 Å². The zero-order valence-corrected chi connectivity index (χ0v) is 31.2. The molecule has 270 valence electrons. The molecule has 0 saturated carbocycles. The summed E-state index contributed by atoms with van der Waals surface area (Å²) in [5, 5.41) is 7.46. The number of fused-ring (bicyclic) bond motifs is 1. The summed E-state index contributed by atoms with van der Waals surface area (Å²) >= 11 is 0. The van der Waals surface area contributed by atoms with Gasteiger partial charge in [0.05, 0.1) is 5.70 Å². The molecule has 1 unspecified atom stereocenters. The first-order valence-electron chi connectivity index (χ1n) is 19.2. The summed E-state index contributed by atoms with van der Waals surface area (Å²) < 4.78 is 0. The van der Waals surface area contributed by atoms with E-state index in [9.17, 15) is 0 Å². The van der Waals surface area contributed by atoms with Crippen molar-refractivity contribution in [1.29, 1.82) is 0 Å². The summed E-state index contributed by atoms with van der Waals surface area (Å²) in [5.74, 6) is 2.20. The van der Waals surface area contributed by atoms with Crippen LogP contribution < -0.4 is 10.6 Å². The van der Waals surface area contributed by atoms with Gasteiger partial charge in [-0.1, -0.05) is 188 Å². The molecule has 0 spiro atoms. The van der Waals surface area contributed by atoms with E-state index in [1.54, 1.807) is 0 Å². The maximum atomic E-state index is 5.06. The number of hydrogen-bond donors (Lipinski definition) is 2. The summed E-state index contributed by atoms with van der Waals surface area (Å²) in [6.07, 6.45) is 9.86. The molecule has 2 heterocycles. The molecule has 2 aliphatic rings. The maximum Gasteiger partial charge on any atom is 0.164 e. The lowest BCUT2D eigenvalue weighted by atomic mass is 9.82. The molecule has 0 fully saturated rings. The van der Waals surface area contributed by atoms with Crippen molar-refractivity contribution in [2.45, 2.75) is 6.42 Å². The number of rotatable bonds is 9. The van der Waals surface area contributed by atoms with E-state index in [-0.39, 0.29) is 0 Å². The number of benzene rings is 6. The second-order valence-electron chi connectivity index (χ2n) is 14.1. The van der Waals surface area contributed by atoms with Gasteiger partial charge >= 0.3 is 0 Å². The van der Waals surface area contributed by atoms with Crippen LogP contribution in [0, 0.1) is 5.92 Å². The van der Waals surface area contributed by atoms with Gasteiger partial charge in [-0.3, -0.25) is 0 Å². The summed E-state index contributed by atoms with van der Waals surface area (Å²) in [5.41, 5.74) is 14.5. The van der Waals surface area contributed by atoms with Gasteiger partial charge in [-0.05, 0) is 46.9 Å². The number of aromatic nitrogens is 3. The van der Waals surface area contributed by atoms with Crippen molar-refractivity contribution < 1.29 is 0 Å². The van der Waals surface area contributed by atoms with E-state index in [1.165, 1.54) is 28.0 Å². The normalized spacial score (nSPS) is 15.6. The molecule has 1 aromatic heterocycles. The van der Waals surface area contributed by atoms with Gasteiger partial charge in [0.15, 0.2) is 17.5 Å². The highest BCUT2D eigenvalue weighted by Crippen LogP contribution is 2.42. The Morgan fingerprint density at radius 2 is 0.982 bits per heavy atom. The van der Waals surface area contributed by atoms with Crippen molar-refractivity contribution in [3.63, 3.8) is 0 Å². The highest BCUT2D eigenvalue weighted by Gasteiger charge is 2.28. The van der Waals surface area contributed by atoms with E-state index >= 15 is 0 Å². The standard InChI is InChI=1S/C51H41N5/c1-52-34-45(37-18-8-3-9-19-37)48-44-25-15-14-24-43(44)46(47(53-48)39-20-10-4-11-21-39)38-28-32-42(33-29-38)51-55-49(40-22-12-5-13-23-40)54-50(56-51)41-30-26-36(27-31-41)35-16-6-2-7-17-35/h2-18,20-33,37,52-53H,19,34H2,1H3/b48-45+. The summed E-state index contributed by atoms with van der Waals surface area (Å²) in [7, 11) is 2.03. The minimum absolute atomic E-state index is 0.300. The van der Waals surface area contributed by atoms with Crippen LogP contribution in [0.1, 0.15) is 28.7 Å². The van der Waals surface area contributed by atoms with Gasteiger partial charge in [-0.2, -0.15) is 0 Å². The fourth-order valence-electron chi connectivity index (χ4n) is 7.70. The van der Waals surface area contributed by atoms with Gasteiger partial charge in [0.25, 0.3) is 0 Å².